The molecule has 1 aromatic rings. The molecule has 0 bridgehead atoms. The molecule has 1 aliphatic heterocycles. The summed E-state index contributed by atoms with van der Waals surface area (Å²) in [6, 6.07) is 4.07. The van der Waals surface area contributed by atoms with Crippen LogP contribution in [0.3, 0.4) is 0 Å². The van der Waals surface area contributed by atoms with E-state index in [-0.39, 0.29) is 6.04 Å². The van der Waals surface area contributed by atoms with Crippen molar-refractivity contribution in [1.29, 1.82) is 0 Å². The molecule has 0 amide bonds. The fourth-order valence-electron chi connectivity index (χ4n) is 2.29. The maximum atomic E-state index is 5.90. The summed E-state index contributed by atoms with van der Waals surface area (Å²) in [5.74, 6) is 0.862. The summed E-state index contributed by atoms with van der Waals surface area (Å²) in [6.07, 6.45) is 0.745. The topological polar surface area (TPSA) is 60.6 Å². The van der Waals surface area contributed by atoms with E-state index >= 15 is 0 Å². The van der Waals surface area contributed by atoms with E-state index in [2.05, 4.69) is 9.88 Å². The van der Waals surface area contributed by atoms with Crippen molar-refractivity contribution in [3.8, 4) is 5.75 Å². The van der Waals surface area contributed by atoms with Gasteiger partial charge in [0.05, 0.1) is 18.9 Å². The van der Waals surface area contributed by atoms with Crippen LogP contribution < -0.4 is 10.5 Å². The molecule has 2 rings (SSSR count). The zero-order chi connectivity index (χ0) is 14.4. The maximum Gasteiger partial charge on any atom is 0.140 e. The number of nitrogens with zero attached hydrogens (tertiary/aromatic N) is 2. The van der Waals surface area contributed by atoms with E-state index in [9.17, 15) is 0 Å². The molecule has 2 N–H and O–H groups in total. The molecule has 1 aliphatic rings. The van der Waals surface area contributed by atoms with Gasteiger partial charge < -0.3 is 15.2 Å². The highest BCUT2D eigenvalue weighted by Gasteiger charge is 2.12. The second-order valence-electron chi connectivity index (χ2n) is 5.38. The van der Waals surface area contributed by atoms with Crippen molar-refractivity contribution >= 4 is 0 Å². The molecular weight excluding hydrogens is 254 g/mol. The predicted molar refractivity (Wildman–Crippen MR) is 79.1 cm³/mol. The summed E-state index contributed by atoms with van der Waals surface area (Å²) in [7, 11) is 0. The molecule has 0 saturated carbocycles. The van der Waals surface area contributed by atoms with Gasteiger partial charge in [0.15, 0.2) is 0 Å². The average molecular weight is 279 g/mol. The third-order valence-electron chi connectivity index (χ3n) is 3.36. The van der Waals surface area contributed by atoms with E-state index in [0.29, 0.717) is 6.61 Å². The second kappa shape index (κ2) is 7.57. The Bertz CT molecular complexity index is 418. The van der Waals surface area contributed by atoms with Crippen LogP contribution in [0.5, 0.6) is 5.75 Å². The van der Waals surface area contributed by atoms with Gasteiger partial charge >= 0.3 is 0 Å². The van der Waals surface area contributed by atoms with Crippen LogP contribution in [0.25, 0.3) is 0 Å². The number of aryl methyl sites for hydroxylation is 1. The van der Waals surface area contributed by atoms with Gasteiger partial charge in [0.1, 0.15) is 12.4 Å². The Labute approximate surface area is 121 Å². The maximum absolute atomic E-state index is 5.90. The van der Waals surface area contributed by atoms with Gasteiger partial charge in [-0.25, -0.2) is 0 Å². The number of morpholine rings is 1. The van der Waals surface area contributed by atoms with Crippen molar-refractivity contribution in [3.63, 3.8) is 0 Å². The molecule has 5 heteroatoms. The normalized spacial score (nSPS) is 17.9. The first-order chi connectivity index (χ1) is 9.65. The van der Waals surface area contributed by atoms with Crippen LogP contribution in [-0.4, -0.2) is 55.4 Å². The van der Waals surface area contributed by atoms with Gasteiger partial charge in [-0.05, 0) is 26.0 Å². The summed E-state index contributed by atoms with van der Waals surface area (Å²) in [5, 5.41) is 0. The minimum Gasteiger partial charge on any atom is -0.490 e. The van der Waals surface area contributed by atoms with Crippen LogP contribution in [0, 0.1) is 6.92 Å². The quantitative estimate of drug-likeness (QED) is 0.841. The number of ether oxygens (including phenoxy) is 2. The molecule has 112 valence electrons. The van der Waals surface area contributed by atoms with E-state index in [4.69, 9.17) is 15.2 Å². The number of aromatic nitrogens is 1. The van der Waals surface area contributed by atoms with E-state index in [1.54, 1.807) is 0 Å². The van der Waals surface area contributed by atoms with E-state index in [0.717, 1.165) is 56.4 Å². The van der Waals surface area contributed by atoms with Gasteiger partial charge in [-0.2, -0.15) is 0 Å². The summed E-state index contributed by atoms with van der Waals surface area (Å²) in [6.45, 7) is 9.20. The van der Waals surface area contributed by atoms with Crippen molar-refractivity contribution in [3.05, 3.63) is 23.5 Å². The molecular formula is C15H25N3O2. The van der Waals surface area contributed by atoms with Crippen molar-refractivity contribution in [2.24, 2.45) is 5.73 Å². The number of pyridine rings is 1. The Balaban J connectivity index is 1.87. The zero-order valence-electron chi connectivity index (χ0n) is 12.5. The van der Waals surface area contributed by atoms with Gasteiger partial charge in [-0.1, -0.05) is 0 Å². The summed E-state index contributed by atoms with van der Waals surface area (Å²) in [4.78, 5) is 6.90. The SMILES string of the molecule is Cc1ccc(OCCN2CCOCC2)c(CC(C)N)n1. The molecule has 0 aliphatic carbocycles. The number of hydrogen-bond donors (Lipinski definition) is 1. The predicted octanol–water partition coefficient (Wildman–Crippen LogP) is 0.991. The van der Waals surface area contributed by atoms with Crippen molar-refractivity contribution in [2.45, 2.75) is 26.3 Å². The first-order valence-electron chi connectivity index (χ1n) is 7.30. The largest absolute Gasteiger partial charge is 0.490 e. The van der Waals surface area contributed by atoms with Gasteiger partial charge in [-0.3, -0.25) is 9.88 Å². The number of hydrogen-bond acceptors (Lipinski definition) is 5. The van der Waals surface area contributed by atoms with Crippen molar-refractivity contribution in [1.82, 2.24) is 9.88 Å². The van der Waals surface area contributed by atoms with Gasteiger partial charge in [0.2, 0.25) is 0 Å². The molecule has 5 nitrogen and oxygen atoms in total. The Hall–Kier alpha value is -1.17. The molecule has 1 saturated heterocycles. The molecule has 0 aromatic carbocycles. The van der Waals surface area contributed by atoms with Crippen LogP contribution in [0.2, 0.25) is 0 Å². The summed E-state index contributed by atoms with van der Waals surface area (Å²) in [5.41, 5.74) is 7.83. The van der Waals surface area contributed by atoms with Gasteiger partial charge in [0.25, 0.3) is 0 Å². The second-order valence-corrected chi connectivity index (χ2v) is 5.38. The minimum atomic E-state index is 0.0888. The standard InChI is InChI=1S/C15H25N3O2/c1-12(16)11-14-15(4-3-13(2)17-14)20-10-7-18-5-8-19-9-6-18/h3-4,12H,5-11,16H2,1-2H3. The average Bonchev–Trinajstić information content (AvgIpc) is 2.42. The van der Waals surface area contributed by atoms with Crippen LogP contribution in [0.1, 0.15) is 18.3 Å². The molecule has 1 aromatic heterocycles. The fourth-order valence-corrected chi connectivity index (χ4v) is 2.29. The van der Waals surface area contributed by atoms with Crippen LogP contribution in [-0.2, 0) is 11.2 Å². The van der Waals surface area contributed by atoms with E-state index in [1.165, 1.54) is 0 Å². The third-order valence-corrected chi connectivity index (χ3v) is 3.36. The Morgan fingerprint density at radius 1 is 1.40 bits per heavy atom. The molecule has 2 heterocycles. The van der Waals surface area contributed by atoms with Gasteiger partial charge in [0, 0.05) is 37.8 Å². The first kappa shape index (κ1) is 15.2. The molecule has 20 heavy (non-hydrogen) atoms. The first-order valence-corrected chi connectivity index (χ1v) is 7.30. The van der Waals surface area contributed by atoms with E-state index in [1.807, 2.05) is 26.0 Å². The van der Waals surface area contributed by atoms with Crippen molar-refractivity contribution < 1.29 is 9.47 Å². The lowest BCUT2D eigenvalue weighted by Crippen LogP contribution is -2.38. The smallest absolute Gasteiger partial charge is 0.140 e. The Morgan fingerprint density at radius 2 is 2.15 bits per heavy atom. The minimum absolute atomic E-state index is 0.0888. The highest BCUT2D eigenvalue weighted by molar-refractivity contribution is 5.29. The Kier molecular flexibility index (Phi) is 5.76. The number of nitrogens with two attached hydrogens (primary N) is 1. The molecule has 0 radical (unpaired) electrons. The molecule has 1 fully saturated rings. The zero-order valence-corrected chi connectivity index (χ0v) is 12.5. The van der Waals surface area contributed by atoms with Gasteiger partial charge in [-0.15, -0.1) is 0 Å². The van der Waals surface area contributed by atoms with Crippen LogP contribution in [0.15, 0.2) is 12.1 Å². The Morgan fingerprint density at radius 3 is 2.85 bits per heavy atom. The van der Waals surface area contributed by atoms with E-state index < -0.39 is 0 Å². The lowest BCUT2D eigenvalue weighted by atomic mass is 10.1. The molecule has 0 spiro atoms. The highest BCUT2D eigenvalue weighted by Crippen LogP contribution is 2.18. The number of rotatable bonds is 6. The summed E-state index contributed by atoms with van der Waals surface area (Å²) >= 11 is 0. The van der Waals surface area contributed by atoms with Crippen LogP contribution >= 0.6 is 0 Å². The highest BCUT2D eigenvalue weighted by atomic mass is 16.5. The fraction of sp³-hybridized carbons (Fsp3) is 0.667. The molecule has 1 atom stereocenters. The summed E-state index contributed by atoms with van der Waals surface area (Å²) < 4.78 is 11.2. The molecule has 1 unspecified atom stereocenters. The van der Waals surface area contributed by atoms with Crippen molar-refractivity contribution in [2.75, 3.05) is 39.5 Å². The third kappa shape index (κ3) is 4.74. The lowest BCUT2D eigenvalue weighted by Gasteiger charge is -2.26. The van der Waals surface area contributed by atoms with Crippen LogP contribution in [0.4, 0.5) is 0 Å². The lowest BCUT2D eigenvalue weighted by molar-refractivity contribution is 0.0321. The monoisotopic (exact) mass is 279 g/mol.